The number of carbonyl (C=O) groups excluding carboxylic acids is 1. The van der Waals surface area contributed by atoms with Crippen LogP contribution in [0.5, 0.6) is 0 Å². The third-order valence-corrected chi connectivity index (χ3v) is 3.55. The molecule has 8 nitrogen and oxygen atoms in total. The Morgan fingerprint density at radius 3 is 2.50 bits per heavy atom. The lowest BCUT2D eigenvalue weighted by atomic mass is 10.2. The molecule has 0 fully saturated rings. The Morgan fingerprint density at radius 1 is 1.23 bits per heavy atom. The third-order valence-electron chi connectivity index (χ3n) is 3.55. The number of nitrogens with one attached hydrogen (secondary N) is 1. The van der Waals surface area contributed by atoms with Gasteiger partial charge in [0.15, 0.2) is 0 Å². The molecule has 3 aromatic rings. The van der Waals surface area contributed by atoms with Crippen LogP contribution in [0.15, 0.2) is 21.7 Å². The van der Waals surface area contributed by atoms with Gasteiger partial charge >= 0.3 is 11.7 Å². The highest BCUT2D eigenvalue weighted by molar-refractivity contribution is 5.94. The minimum Gasteiger partial charge on any atom is -0.461 e. The average Bonchev–Trinajstić information content (AvgIpc) is 2.69. The van der Waals surface area contributed by atoms with Crippen LogP contribution in [0.1, 0.15) is 17.4 Å². The maximum absolute atomic E-state index is 12.0. The molecule has 2 aromatic heterocycles. The normalized spacial score (nSPS) is 11.2. The number of benzene rings is 1. The van der Waals surface area contributed by atoms with Gasteiger partial charge in [-0.15, -0.1) is 0 Å². The number of aryl methyl sites for hydroxylation is 2. The molecule has 114 valence electrons. The van der Waals surface area contributed by atoms with E-state index >= 15 is 0 Å². The summed E-state index contributed by atoms with van der Waals surface area (Å²) in [5.41, 5.74) is 1.10. The first-order valence-corrected chi connectivity index (χ1v) is 6.70. The number of nitrogens with zero attached hydrogens (tertiary/aromatic N) is 3. The number of fused-ring (bicyclic) bond motifs is 2. The highest BCUT2D eigenvalue weighted by Gasteiger charge is 2.16. The van der Waals surface area contributed by atoms with Crippen molar-refractivity contribution in [3.05, 3.63) is 38.7 Å². The quantitative estimate of drug-likeness (QED) is 0.686. The molecule has 0 saturated carbocycles. The molecule has 0 unspecified atom stereocenters. The van der Waals surface area contributed by atoms with Crippen LogP contribution in [0.2, 0.25) is 0 Å². The van der Waals surface area contributed by atoms with Gasteiger partial charge < -0.3 is 9.72 Å². The average molecular weight is 302 g/mol. The first-order valence-electron chi connectivity index (χ1n) is 6.70. The van der Waals surface area contributed by atoms with E-state index in [2.05, 4.69) is 9.97 Å². The van der Waals surface area contributed by atoms with Gasteiger partial charge in [-0.3, -0.25) is 13.9 Å². The molecule has 0 aliphatic carbocycles. The van der Waals surface area contributed by atoms with Crippen LogP contribution in [0.4, 0.5) is 0 Å². The first kappa shape index (κ1) is 14.1. The van der Waals surface area contributed by atoms with Gasteiger partial charge in [0.1, 0.15) is 0 Å². The molecule has 2 heterocycles. The summed E-state index contributed by atoms with van der Waals surface area (Å²) in [6.45, 7) is 1.81. The second-order valence-corrected chi connectivity index (χ2v) is 4.89. The topological polar surface area (TPSA) is 99.0 Å². The van der Waals surface area contributed by atoms with Gasteiger partial charge in [-0.05, 0) is 19.1 Å². The van der Waals surface area contributed by atoms with Gasteiger partial charge in [-0.2, -0.15) is 0 Å². The summed E-state index contributed by atoms with van der Waals surface area (Å²) in [5, 5.41) is 0. The standard InChI is InChI=1S/C14H14N4O4/c1-4-22-13(20)11-12(19)16-8-6-10-9(5-7(8)15-11)17(2)14(21)18(10)3/h5-6H,4H2,1-3H3,(H,16,19). The van der Waals surface area contributed by atoms with Gasteiger partial charge in [-0.25, -0.2) is 14.6 Å². The number of H-pyrrole nitrogens is 1. The molecule has 0 aliphatic heterocycles. The second-order valence-electron chi connectivity index (χ2n) is 4.89. The molecule has 1 N–H and O–H groups in total. The highest BCUT2D eigenvalue weighted by Crippen LogP contribution is 2.18. The van der Waals surface area contributed by atoms with Gasteiger partial charge in [0.05, 0.1) is 28.7 Å². The van der Waals surface area contributed by atoms with Crippen molar-refractivity contribution < 1.29 is 9.53 Å². The van der Waals surface area contributed by atoms with Crippen molar-refractivity contribution in [2.75, 3.05) is 6.61 Å². The molecule has 1 aromatic carbocycles. The van der Waals surface area contributed by atoms with E-state index in [1.807, 2.05) is 0 Å². The minimum atomic E-state index is -0.771. The second kappa shape index (κ2) is 4.83. The van der Waals surface area contributed by atoms with Crippen molar-refractivity contribution in [3.63, 3.8) is 0 Å². The van der Waals surface area contributed by atoms with E-state index in [4.69, 9.17) is 4.74 Å². The number of esters is 1. The van der Waals surface area contributed by atoms with Crippen LogP contribution >= 0.6 is 0 Å². The number of ether oxygens (including phenoxy) is 1. The predicted molar refractivity (Wildman–Crippen MR) is 80.0 cm³/mol. The van der Waals surface area contributed by atoms with Crippen LogP contribution in [0.3, 0.4) is 0 Å². The van der Waals surface area contributed by atoms with E-state index in [1.54, 1.807) is 33.2 Å². The van der Waals surface area contributed by atoms with Crippen LogP contribution in [0, 0.1) is 0 Å². The maximum Gasteiger partial charge on any atom is 0.362 e. The number of hydrogen-bond donors (Lipinski definition) is 1. The molecule has 0 amide bonds. The summed E-state index contributed by atoms with van der Waals surface area (Å²) in [6, 6.07) is 3.32. The molecule has 0 spiro atoms. The van der Waals surface area contributed by atoms with Crippen LogP contribution < -0.4 is 11.2 Å². The summed E-state index contributed by atoms with van der Waals surface area (Å²) in [7, 11) is 3.30. The van der Waals surface area contributed by atoms with Crippen LogP contribution in [-0.4, -0.2) is 31.7 Å². The molecule has 0 saturated heterocycles. The number of rotatable bonds is 2. The fourth-order valence-electron chi connectivity index (χ4n) is 2.42. The van der Waals surface area contributed by atoms with E-state index in [0.717, 1.165) is 0 Å². The molecule has 0 bridgehead atoms. The highest BCUT2D eigenvalue weighted by atomic mass is 16.5. The fourth-order valence-corrected chi connectivity index (χ4v) is 2.42. The van der Waals surface area contributed by atoms with Gasteiger partial charge in [0.25, 0.3) is 5.56 Å². The van der Waals surface area contributed by atoms with E-state index in [9.17, 15) is 14.4 Å². The van der Waals surface area contributed by atoms with Crippen LogP contribution in [-0.2, 0) is 18.8 Å². The number of aromatic amines is 1. The lowest BCUT2D eigenvalue weighted by Crippen LogP contribution is -2.22. The Kier molecular flexibility index (Phi) is 3.09. The molecular weight excluding hydrogens is 288 g/mol. The lowest BCUT2D eigenvalue weighted by molar-refractivity contribution is 0.0517. The van der Waals surface area contributed by atoms with E-state index in [0.29, 0.717) is 22.1 Å². The fraction of sp³-hybridized carbons (Fsp3) is 0.286. The maximum atomic E-state index is 12.0. The van der Waals surface area contributed by atoms with E-state index < -0.39 is 11.5 Å². The monoisotopic (exact) mass is 302 g/mol. The summed E-state index contributed by atoms with van der Waals surface area (Å²) >= 11 is 0. The Labute approximate surface area is 124 Å². The zero-order chi connectivity index (χ0) is 16.0. The van der Waals surface area contributed by atoms with Crippen molar-refractivity contribution in [1.82, 2.24) is 19.1 Å². The number of imidazole rings is 1. The van der Waals surface area contributed by atoms with Gasteiger partial charge in [-0.1, -0.05) is 0 Å². The Hall–Kier alpha value is -2.90. The SMILES string of the molecule is CCOC(=O)c1nc2cc3c(cc2[nH]c1=O)n(C)c(=O)n3C. The zero-order valence-corrected chi connectivity index (χ0v) is 12.3. The van der Waals surface area contributed by atoms with Crippen molar-refractivity contribution in [3.8, 4) is 0 Å². The number of carbonyl (C=O) groups is 1. The minimum absolute atomic E-state index is 0.157. The summed E-state index contributed by atoms with van der Waals surface area (Å²) < 4.78 is 7.77. The molecule has 8 heteroatoms. The zero-order valence-electron chi connectivity index (χ0n) is 12.3. The predicted octanol–water partition coefficient (Wildman–Crippen LogP) is 0.290. The van der Waals surface area contributed by atoms with Crippen molar-refractivity contribution in [2.24, 2.45) is 14.1 Å². The first-order chi connectivity index (χ1) is 10.4. The lowest BCUT2D eigenvalue weighted by Gasteiger charge is -2.03. The molecule has 22 heavy (non-hydrogen) atoms. The third kappa shape index (κ3) is 1.92. The molecule has 3 rings (SSSR count). The summed E-state index contributed by atoms with van der Waals surface area (Å²) in [6.07, 6.45) is 0. The van der Waals surface area contributed by atoms with Gasteiger partial charge in [0, 0.05) is 14.1 Å². The van der Waals surface area contributed by atoms with E-state index in [-0.39, 0.29) is 18.0 Å². The smallest absolute Gasteiger partial charge is 0.362 e. The molecule has 0 atom stereocenters. The Bertz CT molecular complexity index is 1030. The largest absolute Gasteiger partial charge is 0.461 e. The number of aromatic nitrogens is 4. The van der Waals surface area contributed by atoms with Crippen molar-refractivity contribution in [1.29, 1.82) is 0 Å². The van der Waals surface area contributed by atoms with Crippen molar-refractivity contribution >= 4 is 28.0 Å². The summed E-state index contributed by atoms with van der Waals surface area (Å²) in [4.78, 5) is 42.3. The molecular formula is C14H14N4O4. The molecule has 0 aliphatic rings. The van der Waals surface area contributed by atoms with Crippen molar-refractivity contribution in [2.45, 2.75) is 6.92 Å². The Balaban J connectivity index is 2.35. The van der Waals surface area contributed by atoms with E-state index in [1.165, 1.54) is 9.13 Å². The number of hydrogen-bond acceptors (Lipinski definition) is 5. The van der Waals surface area contributed by atoms with Crippen LogP contribution in [0.25, 0.3) is 22.1 Å². The molecule has 0 radical (unpaired) electrons. The Morgan fingerprint density at radius 2 is 1.86 bits per heavy atom. The van der Waals surface area contributed by atoms with Gasteiger partial charge in [0.2, 0.25) is 5.69 Å². The summed E-state index contributed by atoms with van der Waals surface area (Å²) in [5.74, 6) is -0.771.